The average Bonchev–Trinajstić information content (AvgIpc) is 2.48. The van der Waals surface area contributed by atoms with Gasteiger partial charge in [0, 0.05) is 12.0 Å². The minimum atomic E-state index is -0.544. The molecule has 0 saturated carbocycles. The van der Waals surface area contributed by atoms with Crippen molar-refractivity contribution in [1.82, 2.24) is 0 Å². The third kappa shape index (κ3) is 4.08. The molecule has 2 heteroatoms. The fraction of sp³-hybridized carbons (Fsp3) is 0.368. The number of aliphatic hydroxyl groups is 1. The summed E-state index contributed by atoms with van der Waals surface area (Å²) < 4.78 is 5.59. The second-order valence-corrected chi connectivity index (χ2v) is 5.59. The molecule has 0 heterocycles. The van der Waals surface area contributed by atoms with Crippen LogP contribution in [0, 0.1) is 0 Å². The Labute approximate surface area is 127 Å². The molecule has 0 amide bonds. The summed E-state index contributed by atoms with van der Waals surface area (Å²) in [7, 11) is 0. The van der Waals surface area contributed by atoms with E-state index in [0.29, 0.717) is 18.9 Å². The molecule has 1 unspecified atom stereocenters. The van der Waals surface area contributed by atoms with Crippen LogP contribution >= 0.6 is 0 Å². The number of hydrogen-bond donors (Lipinski definition) is 1. The molecule has 0 bridgehead atoms. The number of hydrogen-bond acceptors (Lipinski definition) is 2. The van der Waals surface area contributed by atoms with Gasteiger partial charge in [-0.3, -0.25) is 0 Å². The highest BCUT2D eigenvalue weighted by Crippen LogP contribution is 2.28. The highest BCUT2D eigenvalue weighted by Gasteiger charge is 2.13. The summed E-state index contributed by atoms with van der Waals surface area (Å²) in [5.74, 6) is 1.30. The zero-order valence-corrected chi connectivity index (χ0v) is 13.0. The molecule has 0 aliphatic rings. The van der Waals surface area contributed by atoms with Gasteiger partial charge in [0.05, 0.1) is 12.7 Å². The second-order valence-electron chi connectivity index (χ2n) is 5.59. The molecule has 2 nitrogen and oxygen atoms in total. The van der Waals surface area contributed by atoms with Crippen molar-refractivity contribution < 1.29 is 9.84 Å². The Balaban J connectivity index is 2.12. The molecule has 21 heavy (non-hydrogen) atoms. The maximum absolute atomic E-state index is 10.5. The van der Waals surface area contributed by atoms with Crippen molar-refractivity contribution in [1.29, 1.82) is 0 Å². The first kappa shape index (κ1) is 15.6. The molecule has 0 saturated heterocycles. The highest BCUT2D eigenvalue weighted by atomic mass is 16.5. The fourth-order valence-electron chi connectivity index (χ4n) is 2.41. The zero-order chi connectivity index (χ0) is 15.2. The molecule has 2 aromatic carbocycles. The van der Waals surface area contributed by atoms with Gasteiger partial charge in [-0.1, -0.05) is 56.3 Å². The van der Waals surface area contributed by atoms with Crippen LogP contribution < -0.4 is 4.74 Å². The summed E-state index contributed by atoms with van der Waals surface area (Å²) in [6.07, 6.45) is 0.0558. The number of ether oxygens (including phenoxy) is 1. The third-order valence-corrected chi connectivity index (χ3v) is 3.65. The molecule has 0 aliphatic heterocycles. The van der Waals surface area contributed by atoms with Crippen LogP contribution in [0.5, 0.6) is 5.75 Å². The Bertz CT molecular complexity index is 558. The molecule has 0 radical (unpaired) electrons. The van der Waals surface area contributed by atoms with E-state index in [0.717, 1.165) is 16.9 Å². The first-order valence-corrected chi connectivity index (χ1v) is 7.60. The Kier molecular flexibility index (Phi) is 5.40. The monoisotopic (exact) mass is 284 g/mol. The van der Waals surface area contributed by atoms with Crippen LogP contribution in [0.4, 0.5) is 0 Å². The fourth-order valence-corrected chi connectivity index (χ4v) is 2.41. The highest BCUT2D eigenvalue weighted by molar-refractivity contribution is 5.36. The van der Waals surface area contributed by atoms with Crippen LogP contribution in [0.15, 0.2) is 48.5 Å². The first-order valence-electron chi connectivity index (χ1n) is 7.60. The summed E-state index contributed by atoms with van der Waals surface area (Å²) in [6.45, 7) is 6.92. The van der Waals surface area contributed by atoms with Gasteiger partial charge in [-0.15, -0.1) is 0 Å². The van der Waals surface area contributed by atoms with Crippen LogP contribution in [0.25, 0.3) is 0 Å². The quantitative estimate of drug-likeness (QED) is 0.847. The molecular weight excluding hydrogens is 260 g/mol. The molecule has 0 spiro atoms. The van der Waals surface area contributed by atoms with Gasteiger partial charge in [0.1, 0.15) is 5.75 Å². The van der Waals surface area contributed by atoms with E-state index < -0.39 is 6.10 Å². The Morgan fingerprint density at radius 3 is 2.29 bits per heavy atom. The van der Waals surface area contributed by atoms with Crippen molar-refractivity contribution in [2.24, 2.45) is 0 Å². The van der Waals surface area contributed by atoms with Crippen LogP contribution in [0.2, 0.25) is 0 Å². The van der Waals surface area contributed by atoms with E-state index in [1.54, 1.807) is 0 Å². The van der Waals surface area contributed by atoms with Gasteiger partial charge in [-0.05, 0) is 30.0 Å². The number of benzene rings is 2. The van der Waals surface area contributed by atoms with Crippen LogP contribution in [0.3, 0.4) is 0 Å². The van der Waals surface area contributed by atoms with Gasteiger partial charge in [-0.2, -0.15) is 0 Å². The lowest BCUT2D eigenvalue weighted by molar-refractivity contribution is 0.172. The van der Waals surface area contributed by atoms with Gasteiger partial charge < -0.3 is 9.84 Å². The predicted molar refractivity (Wildman–Crippen MR) is 86.8 cm³/mol. The van der Waals surface area contributed by atoms with E-state index in [1.165, 1.54) is 5.56 Å². The molecule has 0 aliphatic carbocycles. The van der Waals surface area contributed by atoms with E-state index in [4.69, 9.17) is 4.74 Å². The summed E-state index contributed by atoms with van der Waals surface area (Å²) >= 11 is 0. The Morgan fingerprint density at radius 2 is 1.67 bits per heavy atom. The smallest absolute Gasteiger partial charge is 0.125 e. The number of aliphatic hydroxyl groups excluding tert-OH is 1. The van der Waals surface area contributed by atoms with Crippen molar-refractivity contribution >= 4 is 0 Å². The minimum Gasteiger partial charge on any atom is -0.493 e. The van der Waals surface area contributed by atoms with Gasteiger partial charge in [-0.25, -0.2) is 0 Å². The summed E-state index contributed by atoms with van der Waals surface area (Å²) in [4.78, 5) is 0. The second kappa shape index (κ2) is 7.28. The Hall–Kier alpha value is -1.80. The standard InChI is InChI=1S/C19H24O2/c1-4-21-19-8-6-5-7-17(19)18(20)13-15-9-11-16(12-10-15)14(2)3/h5-12,14,18,20H,4,13H2,1-3H3. The Morgan fingerprint density at radius 1 is 1.00 bits per heavy atom. The normalized spacial score (nSPS) is 12.4. The lowest BCUT2D eigenvalue weighted by Gasteiger charge is -2.16. The van der Waals surface area contributed by atoms with Crippen molar-refractivity contribution in [2.45, 2.75) is 39.2 Å². The third-order valence-electron chi connectivity index (χ3n) is 3.65. The van der Waals surface area contributed by atoms with Crippen LogP contribution in [-0.4, -0.2) is 11.7 Å². The maximum atomic E-state index is 10.5. The predicted octanol–water partition coefficient (Wildman–Crippen LogP) is 4.48. The SMILES string of the molecule is CCOc1ccccc1C(O)Cc1ccc(C(C)C)cc1. The van der Waals surface area contributed by atoms with Crippen molar-refractivity contribution in [3.8, 4) is 5.75 Å². The van der Waals surface area contributed by atoms with E-state index in [-0.39, 0.29) is 0 Å². The van der Waals surface area contributed by atoms with E-state index in [2.05, 4.69) is 38.1 Å². The first-order chi connectivity index (χ1) is 10.1. The molecule has 0 aromatic heterocycles. The molecule has 1 N–H and O–H groups in total. The molecule has 2 aromatic rings. The van der Waals surface area contributed by atoms with E-state index >= 15 is 0 Å². The minimum absolute atomic E-state index is 0.530. The summed E-state index contributed by atoms with van der Waals surface area (Å²) in [5, 5.41) is 10.5. The lowest BCUT2D eigenvalue weighted by Crippen LogP contribution is -2.05. The summed E-state index contributed by atoms with van der Waals surface area (Å²) in [5.41, 5.74) is 3.31. The van der Waals surface area contributed by atoms with Gasteiger partial charge in [0.2, 0.25) is 0 Å². The molecule has 0 fully saturated rings. The molecule has 1 atom stereocenters. The van der Waals surface area contributed by atoms with Gasteiger partial charge in [0.15, 0.2) is 0 Å². The number of rotatable bonds is 6. The van der Waals surface area contributed by atoms with E-state index in [9.17, 15) is 5.11 Å². The average molecular weight is 284 g/mol. The van der Waals surface area contributed by atoms with E-state index in [1.807, 2.05) is 31.2 Å². The van der Waals surface area contributed by atoms with Crippen LogP contribution in [-0.2, 0) is 6.42 Å². The van der Waals surface area contributed by atoms with Gasteiger partial charge in [0.25, 0.3) is 0 Å². The zero-order valence-electron chi connectivity index (χ0n) is 13.0. The van der Waals surface area contributed by atoms with Crippen molar-refractivity contribution in [2.75, 3.05) is 6.61 Å². The molecule has 112 valence electrons. The van der Waals surface area contributed by atoms with Crippen molar-refractivity contribution in [3.05, 3.63) is 65.2 Å². The van der Waals surface area contributed by atoms with Gasteiger partial charge >= 0.3 is 0 Å². The number of para-hydroxylation sites is 1. The lowest BCUT2D eigenvalue weighted by atomic mass is 9.97. The topological polar surface area (TPSA) is 29.5 Å². The molecular formula is C19H24O2. The van der Waals surface area contributed by atoms with Crippen LogP contribution in [0.1, 0.15) is 49.5 Å². The molecule has 2 rings (SSSR count). The summed E-state index contributed by atoms with van der Waals surface area (Å²) in [6, 6.07) is 16.2. The maximum Gasteiger partial charge on any atom is 0.125 e. The largest absolute Gasteiger partial charge is 0.493 e. The van der Waals surface area contributed by atoms with Crippen molar-refractivity contribution in [3.63, 3.8) is 0 Å².